The first kappa shape index (κ1) is 37.3. The minimum Gasteiger partial charge on any atom is -0.310 e. The molecule has 4 bridgehead atoms. The summed E-state index contributed by atoms with van der Waals surface area (Å²) in [5, 5.41) is 0. The molecule has 0 aromatic heterocycles. The van der Waals surface area contributed by atoms with Crippen LogP contribution < -0.4 is 4.90 Å². The Morgan fingerprint density at radius 1 is 0.371 bits per heavy atom. The van der Waals surface area contributed by atoms with E-state index in [1.54, 1.807) is 5.56 Å². The molecule has 1 nitrogen and oxygen atoms in total. The maximum absolute atomic E-state index is 2.47. The average molecular weight is 800 g/mol. The van der Waals surface area contributed by atoms with Crippen molar-refractivity contribution in [1.29, 1.82) is 0 Å². The number of anilines is 3. The fourth-order valence-electron chi connectivity index (χ4n) is 12.8. The standard InChI is InChI=1S/C61H53N/c1-60(2)57-16-10-9-15-54(57)55-31-30-53(37-58(55)60)62(59-32-25-50(44-11-5-3-6-12-44)36-56(59)49-13-7-4-8-14-49)52-28-23-48(24-29-52)46-19-17-45(18-20-46)47-21-26-51(27-22-47)61-38-41-33-42(39-61)35-43(34-41)40-61/h3-32,36-37,41-43H,33-35,38-40H2,1-2H3. The Morgan fingerprint density at radius 2 is 0.839 bits per heavy atom. The maximum atomic E-state index is 2.47. The number of hydrogen-bond acceptors (Lipinski definition) is 1. The van der Waals surface area contributed by atoms with Crippen molar-refractivity contribution in [3.05, 3.63) is 211 Å². The quantitative estimate of drug-likeness (QED) is 0.148. The Labute approximate surface area is 367 Å². The van der Waals surface area contributed by atoms with Crippen LogP contribution in [0.15, 0.2) is 194 Å². The van der Waals surface area contributed by atoms with E-state index in [1.807, 2.05) is 0 Å². The molecular weight excluding hydrogens is 747 g/mol. The highest BCUT2D eigenvalue weighted by atomic mass is 15.1. The van der Waals surface area contributed by atoms with E-state index in [0.29, 0.717) is 5.41 Å². The lowest BCUT2D eigenvalue weighted by Crippen LogP contribution is -2.48. The van der Waals surface area contributed by atoms with E-state index in [-0.39, 0.29) is 5.41 Å². The van der Waals surface area contributed by atoms with E-state index in [0.717, 1.165) is 34.8 Å². The summed E-state index contributed by atoms with van der Waals surface area (Å²) in [7, 11) is 0. The van der Waals surface area contributed by atoms with E-state index in [2.05, 4.69) is 213 Å². The van der Waals surface area contributed by atoms with Crippen LogP contribution in [0.5, 0.6) is 0 Å². The molecule has 0 saturated heterocycles. The second-order valence-electron chi connectivity index (χ2n) is 19.6. The van der Waals surface area contributed by atoms with Gasteiger partial charge in [-0.1, -0.05) is 172 Å². The lowest BCUT2D eigenvalue weighted by atomic mass is 9.48. The van der Waals surface area contributed by atoms with E-state index >= 15 is 0 Å². The Morgan fingerprint density at radius 3 is 1.45 bits per heavy atom. The molecule has 8 aromatic rings. The molecule has 8 aromatic carbocycles. The summed E-state index contributed by atoms with van der Waals surface area (Å²) in [6.07, 6.45) is 8.72. The minimum absolute atomic E-state index is 0.112. The van der Waals surface area contributed by atoms with Gasteiger partial charge in [-0.25, -0.2) is 0 Å². The monoisotopic (exact) mass is 799 g/mol. The molecule has 0 heterocycles. The van der Waals surface area contributed by atoms with Gasteiger partial charge in [-0.2, -0.15) is 0 Å². The first-order valence-electron chi connectivity index (χ1n) is 23.0. The summed E-state index contributed by atoms with van der Waals surface area (Å²) < 4.78 is 0. The molecule has 4 fully saturated rings. The molecule has 0 radical (unpaired) electrons. The molecule has 302 valence electrons. The largest absolute Gasteiger partial charge is 0.310 e. The van der Waals surface area contributed by atoms with Gasteiger partial charge in [0.25, 0.3) is 0 Å². The third kappa shape index (κ3) is 6.27. The Kier molecular flexibility index (Phi) is 8.79. The molecule has 0 atom stereocenters. The van der Waals surface area contributed by atoms with E-state index < -0.39 is 0 Å². The van der Waals surface area contributed by atoms with E-state index in [1.165, 1.54) is 105 Å². The van der Waals surface area contributed by atoms with Gasteiger partial charge in [-0.05, 0) is 165 Å². The van der Waals surface area contributed by atoms with Gasteiger partial charge in [0.1, 0.15) is 0 Å². The van der Waals surface area contributed by atoms with Crippen molar-refractivity contribution >= 4 is 17.1 Å². The van der Waals surface area contributed by atoms with Crippen molar-refractivity contribution in [1.82, 2.24) is 0 Å². The van der Waals surface area contributed by atoms with Crippen molar-refractivity contribution in [2.24, 2.45) is 17.8 Å². The second-order valence-corrected chi connectivity index (χ2v) is 19.6. The van der Waals surface area contributed by atoms with Gasteiger partial charge in [-0.3, -0.25) is 0 Å². The highest BCUT2D eigenvalue weighted by Gasteiger charge is 2.51. The average Bonchev–Trinajstić information content (AvgIpc) is 3.55. The van der Waals surface area contributed by atoms with Crippen LogP contribution in [0.3, 0.4) is 0 Å². The van der Waals surface area contributed by atoms with Gasteiger partial charge < -0.3 is 4.90 Å². The number of hydrogen-bond donors (Lipinski definition) is 0. The van der Waals surface area contributed by atoms with Crippen LogP contribution in [0.25, 0.3) is 55.6 Å². The summed E-state index contributed by atoms with van der Waals surface area (Å²) in [6, 6.07) is 72.7. The second kappa shape index (κ2) is 14.6. The lowest BCUT2D eigenvalue weighted by molar-refractivity contribution is -0.00518. The van der Waals surface area contributed by atoms with Crippen LogP contribution in [0, 0.1) is 17.8 Å². The van der Waals surface area contributed by atoms with Crippen LogP contribution in [0.1, 0.15) is 69.1 Å². The first-order valence-corrected chi connectivity index (χ1v) is 23.0. The third-order valence-electron chi connectivity index (χ3n) is 15.5. The minimum atomic E-state index is -0.112. The zero-order valence-electron chi connectivity index (χ0n) is 35.9. The van der Waals surface area contributed by atoms with Crippen LogP contribution in [0.2, 0.25) is 0 Å². The molecule has 0 N–H and O–H groups in total. The predicted molar refractivity (Wildman–Crippen MR) is 260 cm³/mol. The smallest absolute Gasteiger partial charge is 0.0540 e. The van der Waals surface area contributed by atoms with E-state index in [9.17, 15) is 0 Å². The summed E-state index contributed by atoms with van der Waals surface area (Å²) >= 11 is 0. The molecule has 0 unspecified atom stereocenters. The zero-order chi connectivity index (χ0) is 41.4. The van der Waals surface area contributed by atoms with Gasteiger partial charge in [-0.15, -0.1) is 0 Å². The summed E-state index contributed by atoms with van der Waals surface area (Å²) in [6.45, 7) is 4.74. The molecule has 1 heteroatoms. The zero-order valence-corrected chi connectivity index (χ0v) is 35.9. The van der Waals surface area contributed by atoms with Gasteiger partial charge >= 0.3 is 0 Å². The summed E-state index contributed by atoms with van der Waals surface area (Å²) in [5.74, 6) is 2.90. The van der Waals surface area contributed by atoms with Crippen molar-refractivity contribution in [3.63, 3.8) is 0 Å². The molecule has 62 heavy (non-hydrogen) atoms. The normalized spacial score (nSPS) is 21.4. The van der Waals surface area contributed by atoms with Crippen LogP contribution >= 0.6 is 0 Å². The van der Waals surface area contributed by atoms with Gasteiger partial charge in [0.2, 0.25) is 0 Å². The molecular formula is C61H53N. The molecule has 5 aliphatic carbocycles. The Bertz CT molecular complexity index is 2890. The summed E-state index contributed by atoms with van der Waals surface area (Å²) in [5.41, 5.74) is 20.6. The Balaban J connectivity index is 0.900. The number of nitrogens with zero attached hydrogens (tertiary/aromatic N) is 1. The van der Waals surface area contributed by atoms with Gasteiger partial charge in [0.15, 0.2) is 0 Å². The van der Waals surface area contributed by atoms with Gasteiger partial charge in [0, 0.05) is 22.4 Å². The SMILES string of the molecule is CC1(C)c2ccccc2-c2ccc(N(c3ccc(-c4ccc(-c5ccc(C67CC8CC(CC(C8)C6)C7)cc5)cc4)cc3)c3ccc(-c4ccccc4)cc3-c3ccccc3)cc21. The number of rotatable bonds is 8. The fourth-order valence-corrected chi connectivity index (χ4v) is 12.8. The first-order chi connectivity index (χ1) is 30.4. The molecule has 13 rings (SSSR count). The van der Waals surface area contributed by atoms with Crippen LogP contribution in [-0.4, -0.2) is 0 Å². The van der Waals surface area contributed by atoms with Crippen molar-refractivity contribution < 1.29 is 0 Å². The Hall–Kier alpha value is -6.44. The molecule has 5 aliphatic rings. The number of benzene rings is 8. The van der Waals surface area contributed by atoms with Gasteiger partial charge in [0.05, 0.1) is 5.69 Å². The molecule has 4 saturated carbocycles. The molecule has 0 amide bonds. The molecule has 0 aliphatic heterocycles. The maximum Gasteiger partial charge on any atom is 0.0540 e. The highest BCUT2D eigenvalue weighted by Crippen LogP contribution is 2.61. The lowest BCUT2D eigenvalue weighted by Gasteiger charge is -2.57. The fraction of sp³-hybridized carbons (Fsp3) is 0.213. The summed E-state index contributed by atoms with van der Waals surface area (Å²) in [4.78, 5) is 2.47. The van der Waals surface area contributed by atoms with Crippen molar-refractivity contribution in [2.75, 3.05) is 4.90 Å². The van der Waals surface area contributed by atoms with Crippen LogP contribution in [-0.2, 0) is 10.8 Å². The highest BCUT2D eigenvalue weighted by molar-refractivity contribution is 5.92. The van der Waals surface area contributed by atoms with E-state index in [4.69, 9.17) is 0 Å². The van der Waals surface area contributed by atoms with Crippen molar-refractivity contribution in [3.8, 4) is 55.6 Å². The van der Waals surface area contributed by atoms with Crippen LogP contribution in [0.4, 0.5) is 17.1 Å². The van der Waals surface area contributed by atoms with Crippen molar-refractivity contribution in [2.45, 2.75) is 63.2 Å². The third-order valence-corrected chi connectivity index (χ3v) is 15.5. The topological polar surface area (TPSA) is 3.24 Å². The predicted octanol–water partition coefficient (Wildman–Crippen LogP) is 16.6. The number of fused-ring (bicyclic) bond motifs is 3. The molecule has 0 spiro atoms.